The molecule has 0 bridgehead atoms. The molecule has 0 spiro atoms. The molecule has 0 saturated heterocycles. The van der Waals surface area contributed by atoms with Gasteiger partial charge in [0.1, 0.15) is 0 Å². The van der Waals surface area contributed by atoms with Crippen LogP contribution in [0.25, 0.3) is 0 Å². The lowest BCUT2D eigenvalue weighted by Crippen LogP contribution is -2.30. The first kappa shape index (κ1) is 15.6. The second-order valence-electron chi connectivity index (χ2n) is 5.60. The summed E-state index contributed by atoms with van der Waals surface area (Å²) in [6.07, 6.45) is 1.98. The molecular formula is C16H16N2O4S. The quantitative estimate of drug-likeness (QED) is 0.650. The maximum absolute atomic E-state index is 12.5. The summed E-state index contributed by atoms with van der Waals surface area (Å²) in [6.45, 7) is 0. The molecule has 1 aliphatic carbocycles. The minimum Gasteiger partial charge on any atom is -0.258 e. The third-order valence-electron chi connectivity index (χ3n) is 3.89. The van der Waals surface area contributed by atoms with Gasteiger partial charge in [-0.25, -0.2) is 13.1 Å². The van der Waals surface area contributed by atoms with E-state index < -0.39 is 14.9 Å². The molecule has 7 heteroatoms. The molecule has 3 rings (SSSR count). The fourth-order valence-electron chi connectivity index (χ4n) is 2.51. The molecule has 2 aromatic carbocycles. The number of hydrogen-bond acceptors (Lipinski definition) is 4. The van der Waals surface area contributed by atoms with Crippen LogP contribution in [0.5, 0.6) is 0 Å². The van der Waals surface area contributed by atoms with Crippen LogP contribution in [0, 0.1) is 16.0 Å². The van der Waals surface area contributed by atoms with Crippen LogP contribution in [0.2, 0.25) is 0 Å². The number of hydrogen-bond donors (Lipinski definition) is 1. The van der Waals surface area contributed by atoms with E-state index in [1.807, 2.05) is 30.3 Å². The van der Waals surface area contributed by atoms with Gasteiger partial charge >= 0.3 is 0 Å². The van der Waals surface area contributed by atoms with Crippen LogP contribution >= 0.6 is 0 Å². The van der Waals surface area contributed by atoms with Crippen molar-refractivity contribution < 1.29 is 13.3 Å². The fourth-order valence-corrected chi connectivity index (χ4v) is 3.80. The van der Waals surface area contributed by atoms with Gasteiger partial charge in [0.25, 0.3) is 5.69 Å². The molecule has 1 aliphatic rings. The van der Waals surface area contributed by atoms with E-state index in [4.69, 9.17) is 0 Å². The Morgan fingerprint density at radius 1 is 1.04 bits per heavy atom. The summed E-state index contributed by atoms with van der Waals surface area (Å²) in [7, 11) is -3.73. The number of sulfonamides is 1. The van der Waals surface area contributed by atoms with Gasteiger partial charge < -0.3 is 0 Å². The van der Waals surface area contributed by atoms with Crippen molar-refractivity contribution in [2.24, 2.45) is 5.92 Å². The number of non-ortho nitro benzene ring substituents is 1. The second-order valence-corrected chi connectivity index (χ2v) is 7.31. The van der Waals surface area contributed by atoms with Crippen molar-refractivity contribution in [3.8, 4) is 0 Å². The van der Waals surface area contributed by atoms with Gasteiger partial charge in [-0.1, -0.05) is 30.3 Å². The van der Waals surface area contributed by atoms with E-state index in [0.29, 0.717) is 5.92 Å². The molecule has 0 amide bonds. The van der Waals surface area contributed by atoms with Gasteiger partial charge in [0.2, 0.25) is 10.0 Å². The zero-order valence-electron chi connectivity index (χ0n) is 12.3. The van der Waals surface area contributed by atoms with Gasteiger partial charge in [0, 0.05) is 18.2 Å². The molecule has 23 heavy (non-hydrogen) atoms. The number of nitrogens with zero attached hydrogens (tertiary/aromatic N) is 1. The Morgan fingerprint density at radius 2 is 1.65 bits per heavy atom. The molecule has 120 valence electrons. The Bertz CT molecular complexity index is 800. The Labute approximate surface area is 134 Å². The van der Waals surface area contributed by atoms with Crippen LogP contribution in [0.15, 0.2) is 59.5 Å². The van der Waals surface area contributed by atoms with Gasteiger partial charge in [0.15, 0.2) is 0 Å². The van der Waals surface area contributed by atoms with E-state index in [1.165, 1.54) is 24.3 Å². The van der Waals surface area contributed by atoms with Crippen molar-refractivity contribution in [2.75, 3.05) is 0 Å². The summed E-state index contributed by atoms with van der Waals surface area (Å²) < 4.78 is 27.8. The van der Waals surface area contributed by atoms with Gasteiger partial charge in [0.05, 0.1) is 9.82 Å². The number of nitro benzene ring substituents is 1. The SMILES string of the molecule is O=[N+]([O-])c1ccc(S(=O)(=O)NC(c2ccccc2)C2CC2)cc1. The Kier molecular flexibility index (Phi) is 4.14. The third-order valence-corrected chi connectivity index (χ3v) is 5.35. The molecule has 2 aromatic rings. The lowest BCUT2D eigenvalue weighted by atomic mass is 10.0. The topological polar surface area (TPSA) is 89.3 Å². The van der Waals surface area contributed by atoms with E-state index in [2.05, 4.69) is 4.72 Å². The first-order valence-corrected chi connectivity index (χ1v) is 8.77. The zero-order valence-corrected chi connectivity index (χ0v) is 13.1. The van der Waals surface area contributed by atoms with Crippen molar-refractivity contribution in [1.82, 2.24) is 4.72 Å². The summed E-state index contributed by atoms with van der Waals surface area (Å²) >= 11 is 0. The normalized spacial score (nSPS) is 16.0. The largest absolute Gasteiger partial charge is 0.269 e. The first-order valence-electron chi connectivity index (χ1n) is 7.29. The average Bonchev–Trinajstić information content (AvgIpc) is 3.38. The summed E-state index contributed by atoms with van der Waals surface area (Å²) in [5, 5.41) is 10.7. The Morgan fingerprint density at radius 3 is 2.17 bits per heavy atom. The minimum atomic E-state index is -3.73. The highest BCUT2D eigenvalue weighted by molar-refractivity contribution is 7.89. The highest BCUT2D eigenvalue weighted by atomic mass is 32.2. The molecule has 1 N–H and O–H groups in total. The van der Waals surface area contributed by atoms with Crippen molar-refractivity contribution in [3.63, 3.8) is 0 Å². The van der Waals surface area contributed by atoms with Crippen LogP contribution in [-0.4, -0.2) is 13.3 Å². The van der Waals surface area contributed by atoms with Crippen LogP contribution in [-0.2, 0) is 10.0 Å². The summed E-state index contributed by atoms with van der Waals surface area (Å²) in [4.78, 5) is 10.1. The lowest BCUT2D eigenvalue weighted by Gasteiger charge is -2.18. The van der Waals surface area contributed by atoms with E-state index in [-0.39, 0.29) is 16.6 Å². The molecule has 1 unspecified atom stereocenters. The zero-order chi connectivity index (χ0) is 16.4. The van der Waals surface area contributed by atoms with E-state index in [9.17, 15) is 18.5 Å². The molecule has 1 saturated carbocycles. The number of nitrogens with one attached hydrogen (secondary N) is 1. The van der Waals surface area contributed by atoms with Gasteiger partial charge in [-0.2, -0.15) is 0 Å². The van der Waals surface area contributed by atoms with E-state index in [0.717, 1.165) is 18.4 Å². The summed E-state index contributed by atoms with van der Waals surface area (Å²) in [5.74, 6) is 0.297. The van der Waals surface area contributed by atoms with Gasteiger partial charge in [-0.05, 0) is 36.5 Å². The molecular weight excluding hydrogens is 316 g/mol. The molecule has 6 nitrogen and oxygen atoms in total. The number of nitro groups is 1. The van der Waals surface area contributed by atoms with E-state index >= 15 is 0 Å². The first-order chi connectivity index (χ1) is 11.0. The molecule has 0 radical (unpaired) electrons. The highest BCUT2D eigenvalue weighted by Gasteiger charge is 2.35. The van der Waals surface area contributed by atoms with Crippen molar-refractivity contribution >= 4 is 15.7 Å². The summed E-state index contributed by atoms with van der Waals surface area (Å²) in [6, 6.07) is 14.1. The van der Waals surface area contributed by atoms with Crippen molar-refractivity contribution in [2.45, 2.75) is 23.8 Å². The monoisotopic (exact) mass is 332 g/mol. The maximum atomic E-state index is 12.5. The molecule has 1 atom stereocenters. The number of benzene rings is 2. The minimum absolute atomic E-state index is 0.0321. The Balaban J connectivity index is 1.85. The molecule has 0 heterocycles. The average molecular weight is 332 g/mol. The second kappa shape index (κ2) is 6.10. The molecule has 1 fully saturated rings. The van der Waals surface area contributed by atoms with Crippen LogP contribution in [0.1, 0.15) is 24.4 Å². The van der Waals surface area contributed by atoms with Crippen LogP contribution in [0.4, 0.5) is 5.69 Å². The van der Waals surface area contributed by atoms with E-state index in [1.54, 1.807) is 0 Å². The lowest BCUT2D eigenvalue weighted by molar-refractivity contribution is -0.384. The molecule has 0 aliphatic heterocycles. The molecule has 0 aromatic heterocycles. The van der Waals surface area contributed by atoms with Crippen molar-refractivity contribution in [3.05, 3.63) is 70.3 Å². The van der Waals surface area contributed by atoms with Gasteiger partial charge in [-0.3, -0.25) is 10.1 Å². The fraction of sp³-hybridized carbons (Fsp3) is 0.250. The predicted octanol–water partition coefficient (Wildman–Crippen LogP) is 3.02. The number of rotatable bonds is 6. The Hall–Kier alpha value is -2.25. The van der Waals surface area contributed by atoms with Crippen molar-refractivity contribution in [1.29, 1.82) is 0 Å². The van der Waals surface area contributed by atoms with Crippen LogP contribution < -0.4 is 4.72 Å². The van der Waals surface area contributed by atoms with Crippen LogP contribution in [0.3, 0.4) is 0 Å². The smallest absolute Gasteiger partial charge is 0.258 e. The highest BCUT2D eigenvalue weighted by Crippen LogP contribution is 2.41. The standard InChI is InChI=1S/C16H16N2O4S/c19-18(20)14-8-10-15(11-9-14)23(21,22)17-16(13-6-7-13)12-4-2-1-3-5-12/h1-5,8-11,13,16-17H,6-7H2. The van der Waals surface area contributed by atoms with Gasteiger partial charge in [-0.15, -0.1) is 0 Å². The predicted molar refractivity (Wildman–Crippen MR) is 85.3 cm³/mol. The maximum Gasteiger partial charge on any atom is 0.269 e. The third kappa shape index (κ3) is 3.57. The summed E-state index contributed by atoms with van der Waals surface area (Å²) in [5.41, 5.74) is 0.797.